The lowest BCUT2D eigenvalue weighted by atomic mass is 10.0. The van der Waals surface area contributed by atoms with Gasteiger partial charge in [-0.2, -0.15) is 0 Å². The Morgan fingerprint density at radius 1 is 1.07 bits per heavy atom. The summed E-state index contributed by atoms with van der Waals surface area (Å²) in [5, 5.41) is 3.76. The molecule has 1 fully saturated rings. The zero-order valence-corrected chi connectivity index (χ0v) is 23.2. The first kappa shape index (κ1) is 25.8. The van der Waals surface area contributed by atoms with E-state index < -0.39 is 9.84 Å². The maximum absolute atomic E-state index is 12.9. The number of carbonyl (C=O) groups is 1. The standard InChI is InChI=1S/C30H29N5O5S/c36-30(19-3-4-22-18-39-10-11-41(37,38)27(22)12-19)33-17-23-13-25-20(15-31-23)5-8-28(34-25)35-9-1-2-21-16-32-29(14-26(21)35)40-24-6-7-24/h3-5,8,12-16,24H,1-2,6-7,9-11,17-18H2,(H,33,36). The Balaban J connectivity index is 1.10. The quantitative estimate of drug-likeness (QED) is 0.367. The number of amides is 1. The number of aryl methyl sites for hydroxylation is 1. The van der Waals surface area contributed by atoms with Gasteiger partial charge >= 0.3 is 0 Å². The van der Waals surface area contributed by atoms with Crippen molar-refractivity contribution in [3.8, 4) is 5.88 Å². The molecule has 210 valence electrons. The fraction of sp³-hybridized carbons (Fsp3) is 0.333. The van der Waals surface area contributed by atoms with Crippen LogP contribution in [0, 0.1) is 0 Å². The van der Waals surface area contributed by atoms with Crippen molar-refractivity contribution in [1.29, 1.82) is 0 Å². The van der Waals surface area contributed by atoms with E-state index in [9.17, 15) is 13.2 Å². The first-order valence-corrected chi connectivity index (χ1v) is 15.5. The highest BCUT2D eigenvalue weighted by Crippen LogP contribution is 2.36. The number of ether oxygens (including phenoxy) is 2. The van der Waals surface area contributed by atoms with Crippen LogP contribution in [0.5, 0.6) is 5.88 Å². The Morgan fingerprint density at radius 3 is 2.85 bits per heavy atom. The lowest BCUT2D eigenvalue weighted by Gasteiger charge is -2.30. The number of fused-ring (bicyclic) bond motifs is 3. The molecule has 10 nitrogen and oxygen atoms in total. The fourth-order valence-electron chi connectivity index (χ4n) is 5.24. The third-order valence-electron chi connectivity index (χ3n) is 7.61. The maximum Gasteiger partial charge on any atom is 0.251 e. The number of nitrogens with zero attached hydrogens (tertiary/aromatic N) is 4. The van der Waals surface area contributed by atoms with Crippen molar-refractivity contribution >= 4 is 38.2 Å². The monoisotopic (exact) mass is 571 g/mol. The predicted octanol–water partition coefficient (Wildman–Crippen LogP) is 3.88. The number of rotatable bonds is 6. The number of carbonyl (C=O) groups excluding carboxylic acids is 1. The van der Waals surface area contributed by atoms with Crippen LogP contribution in [0.1, 0.15) is 46.4 Å². The van der Waals surface area contributed by atoms with Crippen molar-refractivity contribution in [2.75, 3.05) is 23.8 Å². The van der Waals surface area contributed by atoms with Crippen LogP contribution in [0.15, 0.2) is 59.8 Å². The van der Waals surface area contributed by atoms with Gasteiger partial charge < -0.3 is 19.7 Å². The Morgan fingerprint density at radius 2 is 1.98 bits per heavy atom. The van der Waals surface area contributed by atoms with Gasteiger partial charge in [-0.15, -0.1) is 0 Å². The van der Waals surface area contributed by atoms with Gasteiger partial charge in [-0.25, -0.2) is 18.4 Å². The first-order valence-electron chi connectivity index (χ1n) is 13.8. The molecule has 3 aliphatic rings. The van der Waals surface area contributed by atoms with Crippen molar-refractivity contribution < 1.29 is 22.7 Å². The number of anilines is 2. The van der Waals surface area contributed by atoms with Crippen LogP contribution >= 0.6 is 0 Å². The zero-order valence-electron chi connectivity index (χ0n) is 22.4. The van der Waals surface area contributed by atoms with Gasteiger partial charge in [-0.3, -0.25) is 9.78 Å². The Labute approximate surface area is 237 Å². The van der Waals surface area contributed by atoms with E-state index in [1.54, 1.807) is 18.3 Å². The van der Waals surface area contributed by atoms with Gasteiger partial charge in [-0.1, -0.05) is 6.07 Å². The summed E-state index contributed by atoms with van der Waals surface area (Å²) in [7, 11) is -3.50. The number of aromatic nitrogens is 3. The van der Waals surface area contributed by atoms with Crippen LogP contribution in [0.3, 0.4) is 0 Å². The molecule has 5 heterocycles. The van der Waals surface area contributed by atoms with Gasteiger partial charge in [0.05, 0.1) is 47.3 Å². The SMILES string of the molecule is O=C(NCc1cc2nc(N3CCCc4cnc(OC5CC5)cc43)ccc2cn1)c1ccc2c(c1)S(=O)(=O)CCOC2. The number of benzene rings is 1. The molecule has 1 N–H and O–H groups in total. The molecule has 7 rings (SSSR count). The molecule has 1 aromatic carbocycles. The number of hydrogen-bond donors (Lipinski definition) is 1. The summed E-state index contributed by atoms with van der Waals surface area (Å²) in [6.45, 7) is 1.36. The molecule has 3 aromatic heterocycles. The molecule has 0 spiro atoms. The lowest BCUT2D eigenvalue weighted by Crippen LogP contribution is -2.25. The van der Waals surface area contributed by atoms with Crippen LogP contribution in [0.2, 0.25) is 0 Å². The molecule has 0 unspecified atom stereocenters. The molecule has 1 saturated carbocycles. The second kappa shape index (κ2) is 10.4. The molecule has 0 atom stereocenters. The summed E-state index contributed by atoms with van der Waals surface area (Å²) < 4.78 is 36.5. The van der Waals surface area contributed by atoms with Gasteiger partial charge in [0.1, 0.15) is 11.9 Å². The topological polar surface area (TPSA) is 124 Å². The highest BCUT2D eigenvalue weighted by Gasteiger charge is 2.27. The molecule has 2 aliphatic heterocycles. The zero-order chi connectivity index (χ0) is 28.0. The highest BCUT2D eigenvalue weighted by molar-refractivity contribution is 7.91. The fourth-order valence-corrected chi connectivity index (χ4v) is 6.63. The van der Waals surface area contributed by atoms with Gasteiger partial charge in [0.25, 0.3) is 5.91 Å². The van der Waals surface area contributed by atoms with E-state index in [-0.39, 0.29) is 48.0 Å². The van der Waals surface area contributed by atoms with E-state index in [4.69, 9.17) is 14.5 Å². The largest absolute Gasteiger partial charge is 0.474 e. The Bertz CT molecular complexity index is 1770. The maximum atomic E-state index is 12.9. The summed E-state index contributed by atoms with van der Waals surface area (Å²) in [6.07, 6.45) is 8.07. The molecule has 11 heteroatoms. The Hall–Kier alpha value is -4.09. The van der Waals surface area contributed by atoms with Crippen molar-refractivity contribution in [2.24, 2.45) is 0 Å². The number of hydrogen-bond acceptors (Lipinski definition) is 9. The summed E-state index contributed by atoms with van der Waals surface area (Å²) in [5.41, 5.74) is 4.51. The molecule has 0 bridgehead atoms. The highest BCUT2D eigenvalue weighted by atomic mass is 32.2. The van der Waals surface area contributed by atoms with Crippen LogP contribution in [0.25, 0.3) is 10.9 Å². The van der Waals surface area contributed by atoms with Crippen molar-refractivity contribution in [3.05, 3.63) is 77.2 Å². The molecular weight excluding hydrogens is 542 g/mol. The van der Waals surface area contributed by atoms with Crippen molar-refractivity contribution in [3.63, 3.8) is 0 Å². The number of pyridine rings is 3. The summed E-state index contributed by atoms with van der Waals surface area (Å²) in [4.78, 5) is 29.3. The van der Waals surface area contributed by atoms with E-state index in [0.717, 1.165) is 54.6 Å². The van der Waals surface area contributed by atoms with Gasteiger partial charge in [0.2, 0.25) is 5.88 Å². The Kier molecular flexibility index (Phi) is 6.55. The van der Waals surface area contributed by atoms with Gasteiger partial charge in [0, 0.05) is 36.0 Å². The van der Waals surface area contributed by atoms with Crippen LogP contribution < -0.4 is 15.0 Å². The normalized spacial score (nSPS) is 17.8. The average molecular weight is 572 g/mol. The molecular formula is C30H29N5O5S. The van der Waals surface area contributed by atoms with Gasteiger partial charge in [-0.05, 0) is 67.1 Å². The third-order valence-corrected chi connectivity index (χ3v) is 9.36. The molecule has 1 aliphatic carbocycles. The van der Waals surface area contributed by atoms with Crippen molar-refractivity contribution in [2.45, 2.75) is 49.8 Å². The van der Waals surface area contributed by atoms with E-state index >= 15 is 0 Å². The molecule has 4 aromatic rings. The molecule has 41 heavy (non-hydrogen) atoms. The minimum absolute atomic E-state index is 0.101. The number of sulfone groups is 1. The molecule has 1 amide bonds. The second-order valence-electron chi connectivity index (χ2n) is 10.6. The van der Waals surface area contributed by atoms with Crippen LogP contribution in [-0.2, 0) is 34.1 Å². The minimum Gasteiger partial charge on any atom is -0.474 e. The van der Waals surface area contributed by atoms with Crippen LogP contribution in [-0.4, -0.2) is 54.3 Å². The average Bonchev–Trinajstić information content (AvgIpc) is 3.82. The smallest absolute Gasteiger partial charge is 0.251 e. The number of nitrogens with one attached hydrogen (secondary N) is 1. The van der Waals surface area contributed by atoms with E-state index in [2.05, 4.69) is 20.2 Å². The summed E-state index contributed by atoms with van der Waals surface area (Å²) >= 11 is 0. The van der Waals surface area contributed by atoms with E-state index in [0.29, 0.717) is 17.1 Å². The molecule has 0 saturated heterocycles. The minimum atomic E-state index is -3.50. The van der Waals surface area contributed by atoms with Crippen molar-refractivity contribution in [1.82, 2.24) is 20.3 Å². The van der Waals surface area contributed by atoms with E-state index in [1.165, 1.54) is 11.6 Å². The lowest BCUT2D eigenvalue weighted by molar-refractivity contribution is 0.0950. The second-order valence-corrected chi connectivity index (χ2v) is 12.7. The molecule has 0 radical (unpaired) electrons. The summed E-state index contributed by atoms with van der Waals surface area (Å²) in [6, 6.07) is 12.6. The van der Waals surface area contributed by atoms with Gasteiger partial charge in [0.15, 0.2) is 9.84 Å². The van der Waals surface area contributed by atoms with Crippen LogP contribution in [0.4, 0.5) is 11.5 Å². The van der Waals surface area contributed by atoms with E-state index in [1.807, 2.05) is 30.5 Å². The summed E-state index contributed by atoms with van der Waals surface area (Å²) in [5.74, 6) is 1.01. The third kappa shape index (κ3) is 5.34. The first-order chi connectivity index (χ1) is 19.9. The predicted molar refractivity (Wildman–Crippen MR) is 152 cm³/mol.